The molecule has 3 rings (SSSR count). The van der Waals surface area contributed by atoms with Gasteiger partial charge in [0.05, 0.1) is 0 Å². The monoisotopic (exact) mass is 423 g/mol. The molecular weight excluding hydrogens is 394 g/mol. The summed E-state index contributed by atoms with van der Waals surface area (Å²) >= 11 is 1.89. The van der Waals surface area contributed by atoms with E-state index in [-0.39, 0.29) is 0 Å². The lowest BCUT2D eigenvalue weighted by molar-refractivity contribution is -0.124. The molecule has 0 bridgehead atoms. The van der Waals surface area contributed by atoms with Gasteiger partial charge in [0, 0.05) is 36.3 Å². The van der Waals surface area contributed by atoms with Crippen LogP contribution in [0.1, 0.15) is 23.1 Å². The number of amides is 1. The number of benzene rings is 2. The smallest absolute Gasteiger partial charge is 0.267 e. The van der Waals surface area contributed by atoms with Crippen LogP contribution < -0.4 is 5.48 Å². The highest BCUT2D eigenvalue weighted by Gasteiger charge is 2.09. The van der Waals surface area contributed by atoms with Crippen molar-refractivity contribution in [1.82, 2.24) is 15.4 Å². The summed E-state index contributed by atoms with van der Waals surface area (Å²) in [4.78, 5) is 17.0. The number of thioether (sulfide) groups is 1. The Hall–Kier alpha value is -2.54. The minimum Gasteiger partial charge on any atom is -0.361 e. The van der Waals surface area contributed by atoms with Gasteiger partial charge in [-0.05, 0) is 60.2 Å². The second-order valence-electron chi connectivity index (χ2n) is 7.28. The lowest BCUT2D eigenvalue weighted by Crippen LogP contribution is -2.27. The number of aromatic amines is 1. The van der Waals surface area contributed by atoms with Gasteiger partial charge in [0.25, 0.3) is 5.91 Å². The van der Waals surface area contributed by atoms with Crippen LogP contribution in [0.25, 0.3) is 17.0 Å². The van der Waals surface area contributed by atoms with Crippen LogP contribution in [0.2, 0.25) is 0 Å². The van der Waals surface area contributed by atoms with E-state index >= 15 is 0 Å². The zero-order chi connectivity index (χ0) is 21.2. The summed E-state index contributed by atoms with van der Waals surface area (Å²) in [5.74, 6) is 0.636. The Kier molecular flexibility index (Phi) is 8.56. The zero-order valence-electron chi connectivity index (χ0n) is 17.3. The van der Waals surface area contributed by atoms with Crippen molar-refractivity contribution >= 4 is 34.6 Å². The summed E-state index contributed by atoms with van der Waals surface area (Å²) < 4.78 is 0. The van der Waals surface area contributed by atoms with Crippen LogP contribution in [0.3, 0.4) is 0 Å². The molecule has 3 aromatic rings. The lowest BCUT2D eigenvalue weighted by Gasteiger charge is -2.22. The summed E-state index contributed by atoms with van der Waals surface area (Å²) in [7, 11) is 0. The highest BCUT2D eigenvalue weighted by atomic mass is 32.2. The van der Waals surface area contributed by atoms with Crippen LogP contribution in [-0.2, 0) is 17.8 Å². The molecule has 0 radical (unpaired) electrons. The van der Waals surface area contributed by atoms with Gasteiger partial charge in [-0.3, -0.25) is 14.9 Å². The lowest BCUT2D eigenvalue weighted by atomic mass is 10.1. The van der Waals surface area contributed by atoms with Gasteiger partial charge in [0.2, 0.25) is 0 Å². The number of aromatic nitrogens is 1. The quantitative estimate of drug-likeness (QED) is 0.184. The first kappa shape index (κ1) is 22.2. The van der Waals surface area contributed by atoms with Gasteiger partial charge in [0.1, 0.15) is 0 Å². The number of rotatable bonds is 11. The van der Waals surface area contributed by atoms with Crippen molar-refractivity contribution in [3.63, 3.8) is 0 Å². The number of carbonyl (C=O) groups is 1. The molecule has 3 N–H and O–H groups in total. The number of nitrogens with zero attached hydrogens (tertiary/aromatic N) is 1. The van der Waals surface area contributed by atoms with Gasteiger partial charge in [0.15, 0.2) is 0 Å². The van der Waals surface area contributed by atoms with Crippen molar-refractivity contribution in [2.24, 2.45) is 0 Å². The molecule has 1 amide bonds. The summed E-state index contributed by atoms with van der Waals surface area (Å²) in [6.45, 7) is 2.98. The zero-order valence-corrected chi connectivity index (χ0v) is 18.1. The van der Waals surface area contributed by atoms with E-state index in [4.69, 9.17) is 5.21 Å². The molecule has 1 aromatic heterocycles. The second-order valence-corrected chi connectivity index (χ2v) is 8.27. The first-order chi connectivity index (χ1) is 14.7. The van der Waals surface area contributed by atoms with Crippen molar-refractivity contribution in [3.8, 4) is 0 Å². The van der Waals surface area contributed by atoms with Crippen LogP contribution in [0, 0.1) is 0 Å². The molecule has 0 aliphatic heterocycles. The maximum atomic E-state index is 11.1. The van der Waals surface area contributed by atoms with E-state index < -0.39 is 5.91 Å². The molecule has 30 heavy (non-hydrogen) atoms. The molecule has 0 saturated carbocycles. The number of hydrogen-bond donors (Lipinski definition) is 3. The summed E-state index contributed by atoms with van der Waals surface area (Å²) in [6, 6.07) is 16.7. The van der Waals surface area contributed by atoms with Crippen molar-refractivity contribution in [3.05, 3.63) is 77.5 Å². The van der Waals surface area contributed by atoms with Crippen LogP contribution in [0.4, 0.5) is 0 Å². The third kappa shape index (κ3) is 6.49. The van der Waals surface area contributed by atoms with E-state index in [1.165, 1.54) is 40.3 Å². The molecule has 0 spiro atoms. The molecule has 0 aliphatic carbocycles. The molecule has 2 aromatic carbocycles. The maximum absolute atomic E-state index is 11.1. The maximum Gasteiger partial charge on any atom is 0.267 e. The average Bonchev–Trinajstić information content (AvgIpc) is 3.20. The Morgan fingerprint density at radius 2 is 1.97 bits per heavy atom. The van der Waals surface area contributed by atoms with Crippen LogP contribution in [-0.4, -0.2) is 46.1 Å². The normalized spacial score (nSPS) is 11.6. The second kappa shape index (κ2) is 11.6. The summed E-state index contributed by atoms with van der Waals surface area (Å²) in [6.07, 6.45) is 9.47. The van der Waals surface area contributed by atoms with Gasteiger partial charge >= 0.3 is 0 Å². The Morgan fingerprint density at radius 1 is 1.17 bits per heavy atom. The van der Waals surface area contributed by atoms with E-state index in [0.717, 1.165) is 31.6 Å². The Balaban J connectivity index is 1.63. The van der Waals surface area contributed by atoms with Gasteiger partial charge < -0.3 is 4.98 Å². The molecule has 0 fully saturated rings. The number of carbonyl (C=O) groups excluding carboxylic acids is 1. The summed E-state index contributed by atoms with van der Waals surface area (Å²) in [5, 5.41) is 9.87. The van der Waals surface area contributed by atoms with E-state index in [1.807, 2.05) is 23.9 Å². The molecule has 158 valence electrons. The van der Waals surface area contributed by atoms with Crippen LogP contribution >= 0.6 is 11.8 Å². The van der Waals surface area contributed by atoms with E-state index in [9.17, 15) is 4.79 Å². The topological polar surface area (TPSA) is 68.4 Å². The number of para-hydroxylation sites is 1. The largest absolute Gasteiger partial charge is 0.361 e. The number of fused-ring (bicyclic) bond motifs is 1. The Morgan fingerprint density at radius 3 is 2.73 bits per heavy atom. The Bertz CT molecular complexity index is 966. The highest BCUT2D eigenvalue weighted by Crippen LogP contribution is 2.19. The van der Waals surface area contributed by atoms with E-state index in [2.05, 4.69) is 58.7 Å². The van der Waals surface area contributed by atoms with Gasteiger partial charge in [-0.15, -0.1) is 0 Å². The van der Waals surface area contributed by atoms with Gasteiger partial charge in [-0.2, -0.15) is 11.8 Å². The minimum absolute atomic E-state index is 0.531. The number of nitrogens with one attached hydrogen (secondary N) is 2. The fraction of sp³-hybridized carbons (Fsp3) is 0.292. The molecule has 6 heteroatoms. The SMILES string of the molecule is CSCCCN(CCc1c[nH]c2ccccc12)Cc1ccc(/C=C/C(=O)NO)cc1. The predicted molar refractivity (Wildman–Crippen MR) is 126 cm³/mol. The molecule has 0 saturated heterocycles. The standard InChI is InChI=1S/C24H29N3O2S/c1-30-16-4-14-27(15-13-21-17-25-23-6-3-2-5-22(21)23)18-20-9-7-19(8-10-20)11-12-24(28)26-29/h2-3,5-12,17,25,29H,4,13-16,18H2,1H3,(H,26,28)/b12-11+. The fourth-order valence-electron chi connectivity index (χ4n) is 3.52. The summed E-state index contributed by atoms with van der Waals surface area (Å²) in [5.41, 5.74) is 6.33. The van der Waals surface area contributed by atoms with Crippen molar-refractivity contribution in [2.45, 2.75) is 19.4 Å². The molecule has 5 nitrogen and oxygen atoms in total. The van der Waals surface area contributed by atoms with E-state index in [1.54, 1.807) is 11.6 Å². The third-order valence-electron chi connectivity index (χ3n) is 5.12. The Labute approximate surface area is 182 Å². The molecule has 0 aliphatic rings. The van der Waals surface area contributed by atoms with E-state index in [0.29, 0.717) is 0 Å². The third-order valence-corrected chi connectivity index (χ3v) is 5.82. The number of H-pyrrole nitrogens is 1. The predicted octanol–water partition coefficient (Wildman–Crippen LogP) is 4.48. The molecule has 0 unspecified atom stereocenters. The minimum atomic E-state index is -0.531. The van der Waals surface area contributed by atoms with Crippen molar-refractivity contribution in [2.75, 3.05) is 25.1 Å². The van der Waals surface area contributed by atoms with Crippen molar-refractivity contribution in [1.29, 1.82) is 0 Å². The molecule has 1 heterocycles. The number of hydrogen-bond acceptors (Lipinski definition) is 4. The fourth-order valence-corrected chi connectivity index (χ4v) is 3.94. The average molecular weight is 424 g/mol. The van der Waals surface area contributed by atoms with Gasteiger partial charge in [-0.25, -0.2) is 5.48 Å². The highest BCUT2D eigenvalue weighted by molar-refractivity contribution is 7.98. The van der Waals surface area contributed by atoms with Crippen molar-refractivity contribution < 1.29 is 10.0 Å². The first-order valence-corrected chi connectivity index (χ1v) is 11.6. The van der Waals surface area contributed by atoms with Crippen LogP contribution in [0.5, 0.6) is 0 Å². The molecular formula is C24H29N3O2S. The first-order valence-electron chi connectivity index (χ1n) is 10.2. The molecule has 0 atom stereocenters. The number of hydroxylamine groups is 1. The van der Waals surface area contributed by atoms with Gasteiger partial charge in [-0.1, -0.05) is 42.5 Å². The van der Waals surface area contributed by atoms with Crippen LogP contribution in [0.15, 0.2) is 60.8 Å².